The standard InChI is InChI=1S/C17H17BrN4O2/c1-3-23-17(24-4-2)16(10-20)13(11-5-7-12(18)8-6-11)15(16,9-19)14(21)22-17/h5-8,13H,3-4H2,1-2H3,(H2,21,22)/p+1/t13-,15+,16+/m0/s1. The van der Waals surface area contributed by atoms with Gasteiger partial charge in [-0.1, -0.05) is 28.1 Å². The summed E-state index contributed by atoms with van der Waals surface area (Å²) in [6.07, 6.45) is 0. The highest BCUT2D eigenvalue weighted by atomic mass is 79.9. The number of nitrogens with zero attached hydrogens (tertiary/aromatic N) is 2. The molecule has 2 aliphatic rings. The van der Waals surface area contributed by atoms with Crippen molar-refractivity contribution in [3.63, 3.8) is 0 Å². The first-order valence-electron chi connectivity index (χ1n) is 7.76. The van der Waals surface area contributed by atoms with Crippen molar-refractivity contribution in [1.82, 2.24) is 0 Å². The lowest BCUT2D eigenvalue weighted by Crippen LogP contribution is -2.91. The fourth-order valence-electron chi connectivity index (χ4n) is 4.01. The van der Waals surface area contributed by atoms with Crippen molar-refractivity contribution in [3.05, 3.63) is 34.3 Å². The first-order chi connectivity index (χ1) is 11.5. The Morgan fingerprint density at radius 1 is 1.17 bits per heavy atom. The third kappa shape index (κ3) is 1.72. The average molecular weight is 390 g/mol. The molecule has 0 saturated heterocycles. The van der Waals surface area contributed by atoms with E-state index in [2.05, 4.69) is 33.1 Å². The van der Waals surface area contributed by atoms with E-state index in [-0.39, 0.29) is 5.84 Å². The van der Waals surface area contributed by atoms with Crippen LogP contribution in [0.5, 0.6) is 0 Å². The van der Waals surface area contributed by atoms with Gasteiger partial charge in [-0.05, 0) is 31.5 Å². The molecule has 0 aromatic heterocycles. The highest BCUT2D eigenvalue weighted by Crippen LogP contribution is 2.78. The van der Waals surface area contributed by atoms with E-state index in [4.69, 9.17) is 15.2 Å². The largest absolute Gasteiger partial charge is 0.343 e. The van der Waals surface area contributed by atoms with E-state index < -0.39 is 22.7 Å². The van der Waals surface area contributed by atoms with E-state index in [1.165, 1.54) is 0 Å². The molecule has 3 rings (SSSR count). The number of nitrogens with one attached hydrogen (secondary N) is 1. The molecule has 0 bridgehead atoms. The molecule has 124 valence electrons. The fourth-order valence-corrected chi connectivity index (χ4v) is 4.27. The van der Waals surface area contributed by atoms with E-state index in [0.29, 0.717) is 13.2 Å². The Bertz CT molecular complexity index is 773. The Morgan fingerprint density at radius 3 is 2.21 bits per heavy atom. The molecule has 7 heteroatoms. The minimum atomic E-state index is -1.43. The van der Waals surface area contributed by atoms with Crippen molar-refractivity contribution >= 4 is 21.8 Å². The lowest BCUT2D eigenvalue weighted by molar-refractivity contribution is -0.693. The van der Waals surface area contributed by atoms with Crippen molar-refractivity contribution < 1.29 is 14.5 Å². The molecule has 1 aromatic carbocycles. The van der Waals surface area contributed by atoms with Gasteiger partial charge in [0.2, 0.25) is 0 Å². The van der Waals surface area contributed by atoms with Crippen LogP contribution in [-0.2, 0) is 9.47 Å². The fraction of sp³-hybridized carbons (Fsp3) is 0.471. The predicted octanol–water partition coefficient (Wildman–Crippen LogP) is 0.744. The normalized spacial score (nSPS) is 32.4. The minimum Gasteiger partial charge on any atom is -0.314 e. The second-order valence-electron chi connectivity index (χ2n) is 5.85. The van der Waals surface area contributed by atoms with Crippen LogP contribution < -0.4 is 10.7 Å². The zero-order valence-corrected chi connectivity index (χ0v) is 15.1. The van der Waals surface area contributed by atoms with E-state index in [0.717, 1.165) is 10.0 Å². The Hall–Kier alpha value is -1.93. The van der Waals surface area contributed by atoms with Crippen LogP contribution in [0, 0.1) is 33.5 Å². The van der Waals surface area contributed by atoms with Crippen LogP contribution >= 0.6 is 15.9 Å². The Balaban J connectivity index is 2.21. The number of rotatable bonds is 5. The zero-order chi connectivity index (χ0) is 17.6. The highest BCUT2D eigenvalue weighted by molar-refractivity contribution is 9.10. The Kier molecular flexibility index (Phi) is 3.92. The molecule has 3 atom stereocenters. The molecule has 0 amide bonds. The van der Waals surface area contributed by atoms with Gasteiger partial charge in [0.1, 0.15) is 0 Å². The summed E-state index contributed by atoms with van der Waals surface area (Å²) in [5, 5.41) is 20.0. The smallest absolute Gasteiger partial charge is 0.314 e. The van der Waals surface area contributed by atoms with Crippen molar-refractivity contribution in [1.29, 1.82) is 10.5 Å². The van der Waals surface area contributed by atoms with Crippen LogP contribution in [0.3, 0.4) is 0 Å². The molecule has 1 fully saturated rings. The van der Waals surface area contributed by atoms with Gasteiger partial charge in [0, 0.05) is 10.4 Å². The maximum absolute atomic E-state index is 10.1. The SMILES string of the molecule is CCOC1(OCC)[NH+]=C(N)[C@@]2(C#N)[C@H](c3ccc(Br)cc3)[C@@]12C#N. The zero-order valence-electron chi connectivity index (χ0n) is 13.5. The van der Waals surface area contributed by atoms with Crippen LogP contribution in [0.1, 0.15) is 25.3 Å². The van der Waals surface area contributed by atoms with Crippen LogP contribution in [0.15, 0.2) is 28.7 Å². The highest BCUT2D eigenvalue weighted by Gasteiger charge is 2.97. The third-order valence-corrected chi connectivity index (χ3v) is 5.43. The van der Waals surface area contributed by atoms with Crippen LogP contribution in [0.4, 0.5) is 0 Å². The molecule has 1 aliphatic carbocycles. The average Bonchev–Trinajstić information content (AvgIpc) is 3.15. The van der Waals surface area contributed by atoms with Gasteiger partial charge < -0.3 is 9.47 Å². The van der Waals surface area contributed by atoms with E-state index in [1.54, 1.807) is 0 Å². The molecular formula is C17H18BrN4O2+. The number of nitrogens with two attached hydrogens (primary N) is 1. The van der Waals surface area contributed by atoms with E-state index in [9.17, 15) is 10.5 Å². The quantitative estimate of drug-likeness (QED) is 0.722. The second-order valence-corrected chi connectivity index (χ2v) is 6.76. The summed E-state index contributed by atoms with van der Waals surface area (Å²) in [6.45, 7) is 4.26. The van der Waals surface area contributed by atoms with Gasteiger partial charge in [0.05, 0.1) is 25.4 Å². The molecule has 0 spiro atoms. The Morgan fingerprint density at radius 2 is 1.75 bits per heavy atom. The van der Waals surface area contributed by atoms with Crippen molar-refractivity contribution in [2.24, 2.45) is 16.6 Å². The summed E-state index contributed by atoms with van der Waals surface area (Å²) in [6, 6.07) is 12.1. The molecule has 0 radical (unpaired) electrons. The summed E-state index contributed by atoms with van der Waals surface area (Å²) >= 11 is 3.40. The molecule has 1 aromatic rings. The molecule has 3 N–H and O–H groups in total. The summed E-state index contributed by atoms with van der Waals surface area (Å²) < 4.78 is 12.6. The molecular weight excluding hydrogens is 372 g/mol. The number of halogens is 1. The molecule has 6 nitrogen and oxygen atoms in total. The lowest BCUT2D eigenvalue weighted by Gasteiger charge is -2.29. The summed E-state index contributed by atoms with van der Waals surface area (Å²) in [5.41, 5.74) is 4.62. The van der Waals surface area contributed by atoms with Gasteiger partial charge in [-0.15, -0.1) is 0 Å². The molecule has 1 heterocycles. The van der Waals surface area contributed by atoms with Gasteiger partial charge in [-0.2, -0.15) is 10.5 Å². The number of ether oxygens (including phenoxy) is 2. The number of hydrogen-bond donors (Lipinski definition) is 2. The van der Waals surface area contributed by atoms with Crippen molar-refractivity contribution in [2.45, 2.75) is 25.7 Å². The lowest BCUT2D eigenvalue weighted by atomic mass is 9.93. The maximum atomic E-state index is 10.1. The van der Waals surface area contributed by atoms with Crippen LogP contribution in [-0.4, -0.2) is 25.0 Å². The maximum Gasteiger partial charge on any atom is 0.343 e. The first-order valence-corrected chi connectivity index (χ1v) is 8.56. The number of benzene rings is 1. The number of nitriles is 2. The van der Waals surface area contributed by atoms with E-state index >= 15 is 0 Å². The van der Waals surface area contributed by atoms with Gasteiger partial charge in [-0.3, -0.25) is 5.73 Å². The van der Waals surface area contributed by atoms with Crippen molar-refractivity contribution in [2.75, 3.05) is 13.2 Å². The summed E-state index contributed by atoms with van der Waals surface area (Å²) in [7, 11) is 0. The van der Waals surface area contributed by atoms with Gasteiger partial charge in [-0.25, -0.2) is 4.99 Å². The predicted molar refractivity (Wildman–Crippen MR) is 89.1 cm³/mol. The first kappa shape index (κ1) is 16.9. The van der Waals surface area contributed by atoms with Crippen molar-refractivity contribution in [3.8, 4) is 12.1 Å². The molecule has 1 aliphatic heterocycles. The van der Waals surface area contributed by atoms with Crippen LogP contribution in [0.25, 0.3) is 0 Å². The number of amidine groups is 1. The molecule has 24 heavy (non-hydrogen) atoms. The number of fused-ring (bicyclic) bond motifs is 1. The van der Waals surface area contributed by atoms with Gasteiger partial charge in [0.25, 0.3) is 5.84 Å². The molecule has 0 unspecified atom stereocenters. The van der Waals surface area contributed by atoms with Gasteiger partial charge in [0.15, 0.2) is 10.8 Å². The summed E-state index contributed by atoms with van der Waals surface area (Å²) in [4.78, 5) is 2.96. The Labute approximate surface area is 149 Å². The van der Waals surface area contributed by atoms with Gasteiger partial charge >= 0.3 is 5.91 Å². The number of hydrogen-bond acceptors (Lipinski definition) is 5. The van der Waals surface area contributed by atoms with E-state index in [1.807, 2.05) is 38.1 Å². The third-order valence-electron chi connectivity index (χ3n) is 4.90. The minimum absolute atomic E-state index is 0.223. The topological polar surface area (TPSA) is 106 Å². The molecule has 1 saturated carbocycles. The monoisotopic (exact) mass is 389 g/mol. The summed E-state index contributed by atoms with van der Waals surface area (Å²) in [5.74, 6) is -1.63. The van der Waals surface area contributed by atoms with Crippen LogP contribution in [0.2, 0.25) is 0 Å². The second kappa shape index (κ2) is 5.56.